The SMILES string of the molecule is Cc1ccc(C(=O)NC(=S)Nc2c(C)ccc3nsnc23)cc1Cl. The van der Waals surface area contributed by atoms with Crippen LogP contribution in [0.5, 0.6) is 0 Å². The number of thiocarbonyl (C=S) groups is 1. The number of carbonyl (C=O) groups is 1. The first-order valence-electron chi connectivity index (χ1n) is 7.06. The van der Waals surface area contributed by atoms with Gasteiger partial charge in [0.15, 0.2) is 5.11 Å². The summed E-state index contributed by atoms with van der Waals surface area (Å²) in [6, 6.07) is 8.94. The fraction of sp³-hybridized carbons (Fsp3) is 0.125. The summed E-state index contributed by atoms with van der Waals surface area (Å²) in [6.45, 7) is 3.81. The molecular weight excluding hydrogens is 364 g/mol. The van der Waals surface area contributed by atoms with Gasteiger partial charge < -0.3 is 5.32 Å². The van der Waals surface area contributed by atoms with E-state index in [1.807, 2.05) is 26.0 Å². The van der Waals surface area contributed by atoms with Gasteiger partial charge in [-0.2, -0.15) is 8.75 Å². The molecule has 0 radical (unpaired) electrons. The van der Waals surface area contributed by atoms with Crippen molar-refractivity contribution in [2.75, 3.05) is 5.32 Å². The van der Waals surface area contributed by atoms with Crippen LogP contribution in [0.1, 0.15) is 21.5 Å². The van der Waals surface area contributed by atoms with Gasteiger partial charge in [-0.05, 0) is 55.4 Å². The third-order valence-electron chi connectivity index (χ3n) is 3.54. The highest BCUT2D eigenvalue weighted by molar-refractivity contribution is 7.80. The van der Waals surface area contributed by atoms with Gasteiger partial charge in [0, 0.05) is 10.6 Å². The highest BCUT2D eigenvalue weighted by Crippen LogP contribution is 2.25. The first kappa shape index (κ1) is 16.8. The molecule has 2 aromatic carbocycles. The van der Waals surface area contributed by atoms with Crippen molar-refractivity contribution in [2.24, 2.45) is 0 Å². The molecule has 122 valence electrons. The molecule has 1 heterocycles. The van der Waals surface area contributed by atoms with Crippen molar-refractivity contribution in [2.45, 2.75) is 13.8 Å². The molecule has 0 bridgehead atoms. The van der Waals surface area contributed by atoms with Crippen LogP contribution in [-0.4, -0.2) is 19.8 Å². The average Bonchev–Trinajstić information content (AvgIpc) is 3.01. The Kier molecular flexibility index (Phi) is 4.75. The molecule has 0 aliphatic carbocycles. The predicted octanol–water partition coefficient (Wildman–Crippen LogP) is 4.09. The van der Waals surface area contributed by atoms with E-state index in [4.69, 9.17) is 23.8 Å². The van der Waals surface area contributed by atoms with Crippen LogP contribution in [0.15, 0.2) is 30.3 Å². The molecule has 2 N–H and O–H groups in total. The van der Waals surface area contributed by atoms with Crippen molar-refractivity contribution in [1.29, 1.82) is 0 Å². The summed E-state index contributed by atoms with van der Waals surface area (Å²) in [4.78, 5) is 12.3. The molecule has 0 spiro atoms. The van der Waals surface area contributed by atoms with Gasteiger partial charge in [0.05, 0.1) is 17.4 Å². The molecule has 8 heteroatoms. The Morgan fingerprint density at radius 3 is 2.67 bits per heavy atom. The number of aromatic nitrogens is 2. The van der Waals surface area contributed by atoms with Gasteiger partial charge in [-0.1, -0.05) is 23.7 Å². The molecule has 24 heavy (non-hydrogen) atoms. The second-order valence-electron chi connectivity index (χ2n) is 5.26. The van der Waals surface area contributed by atoms with E-state index in [0.29, 0.717) is 10.6 Å². The van der Waals surface area contributed by atoms with Gasteiger partial charge in [0.1, 0.15) is 11.0 Å². The lowest BCUT2D eigenvalue weighted by atomic mass is 10.1. The van der Waals surface area contributed by atoms with E-state index in [2.05, 4.69) is 19.4 Å². The Bertz CT molecular complexity index is 954. The summed E-state index contributed by atoms with van der Waals surface area (Å²) in [5.41, 5.74) is 4.58. The molecule has 0 aliphatic rings. The van der Waals surface area contributed by atoms with Crippen LogP contribution in [-0.2, 0) is 0 Å². The monoisotopic (exact) mass is 376 g/mol. The minimum Gasteiger partial charge on any atom is -0.330 e. The third kappa shape index (κ3) is 3.38. The lowest BCUT2D eigenvalue weighted by molar-refractivity contribution is 0.0977. The van der Waals surface area contributed by atoms with Crippen LogP contribution in [0, 0.1) is 13.8 Å². The third-order valence-corrected chi connectivity index (χ3v) is 4.69. The Morgan fingerprint density at radius 2 is 1.92 bits per heavy atom. The van der Waals surface area contributed by atoms with Crippen LogP contribution < -0.4 is 10.6 Å². The summed E-state index contributed by atoms with van der Waals surface area (Å²) in [7, 11) is 0. The van der Waals surface area contributed by atoms with Crippen molar-refractivity contribution in [3.63, 3.8) is 0 Å². The number of hydrogen-bond donors (Lipinski definition) is 2. The maximum Gasteiger partial charge on any atom is 0.257 e. The zero-order chi connectivity index (χ0) is 17.3. The van der Waals surface area contributed by atoms with Crippen molar-refractivity contribution in [3.05, 3.63) is 52.0 Å². The molecule has 0 fully saturated rings. The fourth-order valence-corrected chi connectivity index (χ4v) is 3.08. The molecule has 1 aromatic heterocycles. The number of rotatable bonds is 2. The van der Waals surface area contributed by atoms with Gasteiger partial charge in [-0.25, -0.2) is 0 Å². The quantitative estimate of drug-likeness (QED) is 0.659. The Labute approximate surface area is 153 Å². The van der Waals surface area contributed by atoms with Crippen LogP contribution in [0.3, 0.4) is 0 Å². The molecule has 0 saturated heterocycles. The molecule has 3 aromatic rings. The maximum absolute atomic E-state index is 12.3. The predicted molar refractivity (Wildman–Crippen MR) is 102 cm³/mol. The van der Waals surface area contributed by atoms with E-state index >= 15 is 0 Å². The molecular formula is C16H13ClN4OS2. The van der Waals surface area contributed by atoms with E-state index < -0.39 is 0 Å². The summed E-state index contributed by atoms with van der Waals surface area (Å²) < 4.78 is 8.47. The number of halogens is 1. The van der Waals surface area contributed by atoms with Gasteiger partial charge in [-0.3, -0.25) is 10.1 Å². The van der Waals surface area contributed by atoms with E-state index in [1.54, 1.807) is 18.2 Å². The number of carbonyl (C=O) groups excluding carboxylic acids is 1. The standard InChI is InChI=1S/C16H13ClN4OS2/c1-8-3-5-10(7-11(8)17)15(22)19-16(23)18-13-9(2)4-6-12-14(13)21-24-20-12/h3-7H,1-2H3,(H2,18,19,22,23). The highest BCUT2D eigenvalue weighted by atomic mass is 35.5. The number of nitrogens with one attached hydrogen (secondary N) is 2. The number of benzene rings is 2. The largest absolute Gasteiger partial charge is 0.330 e. The average molecular weight is 377 g/mol. The second kappa shape index (κ2) is 6.80. The van der Waals surface area contributed by atoms with Crippen LogP contribution in [0.2, 0.25) is 5.02 Å². The summed E-state index contributed by atoms with van der Waals surface area (Å²) in [5.74, 6) is -0.323. The van der Waals surface area contributed by atoms with Gasteiger partial charge in [0.25, 0.3) is 5.91 Å². The number of anilines is 1. The number of hydrogen-bond acceptors (Lipinski definition) is 5. The molecule has 3 rings (SSSR count). The van der Waals surface area contributed by atoms with Gasteiger partial charge >= 0.3 is 0 Å². The van der Waals surface area contributed by atoms with E-state index in [1.165, 1.54) is 0 Å². The number of nitrogens with zero attached hydrogens (tertiary/aromatic N) is 2. The lowest BCUT2D eigenvalue weighted by Crippen LogP contribution is -2.34. The highest BCUT2D eigenvalue weighted by Gasteiger charge is 2.13. The summed E-state index contributed by atoms with van der Waals surface area (Å²) in [5, 5.41) is 6.42. The van der Waals surface area contributed by atoms with Gasteiger partial charge in [-0.15, -0.1) is 0 Å². The van der Waals surface area contributed by atoms with Crippen LogP contribution in [0.25, 0.3) is 11.0 Å². The van der Waals surface area contributed by atoms with E-state index in [-0.39, 0.29) is 11.0 Å². The summed E-state index contributed by atoms with van der Waals surface area (Å²) >= 11 is 12.4. The lowest BCUT2D eigenvalue weighted by Gasteiger charge is -2.12. The molecule has 5 nitrogen and oxygen atoms in total. The van der Waals surface area contributed by atoms with Crippen molar-refractivity contribution >= 4 is 63.3 Å². The number of aryl methyl sites for hydroxylation is 2. The number of amides is 1. The fourth-order valence-electron chi connectivity index (χ4n) is 2.16. The zero-order valence-corrected chi connectivity index (χ0v) is 15.3. The Balaban J connectivity index is 1.77. The topological polar surface area (TPSA) is 66.9 Å². The maximum atomic E-state index is 12.3. The van der Waals surface area contributed by atoms with Gasteiger partial charge in [0.2, 0.25) is 0 Å². The van der Waals surface area contributed by atoms with Crippen LogP contribution >= 0.6 is 35.5 Å². The number of fused-ring (bicyclic) bond motifs is 1. The minimum atomic E-state index is -0.323. The Hall–Kier alpha value is -2.09. The zero-order valence-electron chi connectivity index (χ0n) is 12.9. The molecule has 1 amide bonds. The molecule has 0 atom stereocenters. The second-order valence-corrected chi connectivity index (χ2v) is 6.61. The van der Waals surface area contributed by atoms with E-state index in [0.717, 1.165) is 39.6 Å². The molecule has 0 saturated carbocycles. The first-order valence-corrected chi connectivity index (χ1v) is 8.57. The Morgan fingerprint density at radius 1 is 1.17 bits per heavy atom. The molecule has 0 unspecified atom stereocenters. The minimum absolute atomic E-state index is 0.195. The summed E-state index contributed by atoms with van der Waals surface area (Å²) in [6.07, 6.45) is 0. The smallest absolute Gasteiger partial charge is 0.257 e. The van der Waals surface area contributed by atoms with Crippen molar-refractivity contribution in [1.82, 2.24) is 14.1 Å². The van der Waals surface area contributed by atoms with E-state index in [9.17, 15) is 4.79 Å². The van der Waals surface area contributed by atoms with Crippen LogP contribution in [0.4, 0.5) is 5.69 Å². The van der Waals surface area contributed by atoms with Crippen molar-refractivity contribution < 1.29 is 4.79 Å². The normalized spacial score (nSPS) is 10.6. The van der Waals surface area contributed by atoms with Crippen molar-refractivity contribution in [3.8, 4) is 0 Å². The first-order chi connectivity index (χ1) is 11.5. The molecule has 0 aliphatic heterocycles.